The molecule has 23 heavy (non-hydrogen) atoms. The zero-order valence-corrected chi connectivity index (χ0v) is 13.4. The molecule has 2 atom stereocenters. The summed E-state index contributed by atoms with van der Waals surface area (Å²) in [6.07, 6.45) is 0. The number of carbonyl (C=O) groups excluding carboxylic acids is 2. The molecule has 1 fully saturated rings. The van der Waals surface area contributed by atoms with Gasteiger partial charge in [0.15, 0.2) is 0 Å². The third-order valence-corrected chi connectivity index (χ3v) is 4.10. The molecule has 0 radical (unpaired) electrons. The van der Waals surface area contributed by atoms with Crippen LogP contribution < -0.4 is 0 Å². The van der Waals surface area contributed by atoms with Crippen LogP contribution in [0.15, 0.2) is 24.3 Å². The maximum absolute atomic E-state index is 12.4. The standard InChI is InChI=1S/C15H16ClNO6/c1-3-22-13(18)15(14(19)23-4-2)11(12(15)17(20)21)9-5-7-10(16)8-6-9/h5-8,11-12H,3-4H2,1-2H3. The van der Waals surface area contributed by atoms with Crippen molar-refractivity contribution in [3.63, 3.8) is 0 Å². The first-order chi connectivity index (χ1) is 10.9. The van der Waals surface area contributed by atoms with Crippen molar-refractivity contribution < 1.29 is 24.0 Å². The van der Waals surface area contributed by atoms with Gasteiger partial charge in [-0.1, -0.05) is 23.7 Å². The molecule has 1 saturated carbocycles. The van der Waals surface area contributed by atoms with E-state index >= 15 is 0 Å². The Kier molecular flexibility index (Phi) is 4.89. The highest BCUT2D eigenvalue weighted by atomic mass is 35.5. The van der Waals surface area contributed by atoms with Crippen molar-refractivity contribution >= 4 is 23.5 Å². The van der Waals surface area contributed by atoms with Crippen LogP contribution in [0, 0.1) is 15.5 Å². The summed E-state index contributed by atoms with van der Waals surface area (Å²) < 4.78 is 9.84. The average Bonchev–Trinajstić information content (AvgIpc) is 3.20. The van der Waals surface area contributed by atoms with Crippen LogP contribution in [0.25, 0.3) is 0 Å². The van der Waals surface area contributed by atoms with E-state index in [4.69, 9.17) is 21.1 Å². The van der Waals surface area contributed by atoms with Gasteiger partial charge < -0.3 is 9.47 Å². The topological polar surface area (TPSA) is 95.7 Å². The van der Waals surface area contributed by atoms with Crippen LogP contribution in [-0.4, -0.2) is 36.1 Å². The SMILES string of the molecule is CCOC(=O)C1(C(=O)OCC)C(c2ccc(Cl)cc2)C1[N+](=O)[O-]. The Morgan fingerprint density at radius 1 is 1.17 bits per heavy atom. The van der Waals surface area contributed by atoms with E-state index in [2.05, 4.69) is 0 Å². The summed E-state index contributed by atoms with van der Waals surface area (Å²) in [4.78, 5) is 35.5. The zero-order valence-electron chi connectivity index (χ0n) is 12.7. The zero-order chi connectivity index (χ0) is 17.2. The Bertz CT molecular complexity index is 611. The minimum Gasteiger partial charge on any atom is -0.465 e. The van der Waals surface area contributed by atoms with Crippen LogP contribution in [0.2, 0.25) is 5.02 Å². The van der Waals surface area contributed by atoms with Gasteiger partial charge in [-0.05, 0) is 31.5 Å². The molecule has 1 aromatic rings. The van der Waals surface area contributed by atoms with Crippen molar-refractivity contribution in [1.82, 2.24) is 0 Å². The Hall–Kier alpha value is -2.15. The van der Waals surface area contributed by atoms with E-state index in [1.54, 1.807) is 38.1 Å². The van der Waals surface area contributed by atoms with Gasteiger partial charge in [-0.2, -0.15) is 0 Å². The van der Waals surface area contributed by atoms with Gasteiger partial charge in [0.2, 0.25) is 11.5 Å². The summed E-state index contributed by atoms with van der Waals surface area (Å²) in [5, 5.41) is 11.9. The first-order valence-electron chi connectivity index (χ1n) is 7.14. The normalized spacial score (nSPS) is 21.3. The van der Waals surface area contributed by atoms with Crippen molar-refractivity contribution in [3.8, 4) is 0 Å². The lowest BCUT2D eigenvalue weighted by Gasteiger charge is -2.13. The molecule has 1 aliphatic carbocycles. The average molecular weight is 342 g/mol. The van der Waals surface area contributed by atoms with Crippen LogP contribution in [0.4, 0.5) is 0 Å². The summed E-state index contributed by atoms with van der Waals surface area (Å²) in [7, 11) is 0. The number of esters is 2. The van der Waals surface area contributed by atoms with Gasteiger partial charge in [-0.15, -0.1) is 0 Å². The van der Waals surface area contributed by atoms with E-state index in [9.17, 15) is 19.7 Å². The van der Waals surface area contributed by atoms with Gasteiger partial charge >= 0.3 is 11.9 Å². The molecule has 8 heteroatoms. The third kappa shape index (κ3) is 2.76. The highest BCUT2D eigenvalue weighted by molar-refractivity contribution is 6.30. The Balaban J connectivity index is 2.49. The van der Waals surface area contributed by atoms with Gasteiger partial charge in [0.1, 0.15) is 0 Å². The molecular formula is C15H16ClNO6. The number of hydrogen-bond donors (Lipinski definition) is 0. The van der Waals surface area contributed by atoms with Crippen molar-refractivity contribution in [2.75, 3.05) is 13.2 Å². The van der Waals surface area contributed by atoms with Gasteiger partial charge in [-0.25, -0.2) is 0 Å². The second-order valence-electron chi connectivity index (χ2n) is 5.07. The minimum atomic E-state index is -1.94. The Morgan fingerprint density at radius 3 is 2.04 bits per heavy atom. The van der Waals surface area contributed by atoms with Gasteiger partial charge in [-0.3, -0.25) is 19.7 Å². The fraction of sp³-hybridized carbons (Fsp3) is 0.467. The van der Waals surface area contributed by atoms with E-state index in [0.717, 1.165) is 0 Å². The molecule has 0 N–H and O–H groups in total. The molecule has 0 saturated heterocycles. The van der Waals surface area contributed by atoms with Crippen LogP contribution in [0.3, 0.4) is 0 Å². The second kappa shape index (κ2) is 6.54. The number of benzene rings is 1. The molecule has 1 aromatic carbocycles. The smallest absolute Gasteiger partial charge is 0.331 e. The predicted molar refractivity (Wildman–Crippen MR) is 80.7 cm³/mol. The fourth-order valence-corrected chi connectivity index (χ4v) is 2.98. The molecule has 2 unspecified atom stereocenters. The minimum absolute atomic E-state index is 0.0117. The van der Waals surface area contributed by atoms with E-state index in [0.29, 0.717) is 10.6 Å². The van der Waals surface area contributed by atoms with Crippen LogP contribution in [0.1, 0.15) is 25.3 Å². The number of rotatable bonds is 6. The van der Waals surface area contributed by atoms with E-state index in [1.807, 2.05) is 0 Å². The molecule has 124 valence electrons. The lowest BCUT2D eigenvalue weighted by molar-refractivity contribution is -0.501. The quantitative estimate of drug-likeness (QED) is 0.340. The van der Waals surface area contributed by atoms with E-state index in [1.165, 1.54) is 0 Å². The monoisotopic (exact) mass is 341 g/mol. The number of nitro groups is 1. The van der Waals surface area contributed by atoms with Crippen LogP contribution in [-0.2, 0) is 19.1 Å². The molecule has 7 nitrogen and oxygen atoms in total. The van der Waals surface area contributed by atoms with Crippen molar-refractivity contribution in [2.45, 2.75) is 25.8 Å². The van der Waals surface area contributed by atoms with Crippen molar-refractivity contribution in [3.05, 3.63) is 45.0 Å². The number of halogens is 1. The molecule has 0 heterocycles. The first-order valence-corrected chi connectivity index (χ1v) is 7.52. The summed E-state index contributed by atoms with van der Waals surface area (Å²) in [5.74, 6) is -2.80. The van der Waals surface area contributed by atoms with Crippen LogP contribution >= 0.6 is 11.6 Å². The highest BCUT2D eigenvalue weighted by Gasteiger charge is 2.85. The molecule has 0 bridgehead atoms. The third-order valence-electron chi connectivity index (χ3n) is 3.85. The summed E-state index contributed by atoms with van der Waals surface area (Å²) >= 11 is 5.81. The number of carbonyl (C=O) groups is 2. The molecule has 0 spiro atoms. The fourth-order valence-electron chi connectivity index (χ4n) is 2.85. The highest BCUT2D eigenvalue weighted by Crippen LogP contribution is 2.62. The maximum Gasteiger partial charge on any atom is 0.331 e. The summed E-state index contributed by atoms with van der Waals surface area (Å²) in [6.45, 7) is 3.16. The lowest BCUT2D eigenvalue weighted by Crippen LogP contribution is -2.35. The number of ether oxygens (including phenoxy) is 2. The number of nitrogens with zero attached hydrogens (tertiary/aromatic N) is 1. The van der Waals surface area contributed by atoms with Gasteiger partial charge in [0.25, 0.3) is 0 Å². The van der Waals surface area contributed by atoms with Crippen LogP contribution in [0.5, 0.6) is 0 Å². The predicted octanol–water partition coefficient (Wildman–Crippen LogP) is 2.20. The molecule has 0 aromatic heterocycles. The summed E-state index contributed by atoms with van der Waals surface area (Å²) in [5.41, 5.74) is -1.47. The Labute approximate surface area is 137 Å². The molecule has 0 aliphatic heterocycles. The largest absolute Gasteiger partial charge is 0.465 e. The Morgan fingerprint density at radius 2 is 1.65 bits per heavy atom. The summed E-state index contributed by atoms with van der Waals surface area (Å²) in [6, 6.07) is 4.80. The van der Waals surface area contributed by atoms with Crippen molar-refractivity contribution in [2.24, 2.45) is 5.41 Å². The van der Waals surface area contributed by atoms with Gasteiger partial charge in [0.05, 0.1) is 19.1 Å². The van der Waals surface area contributed by atoms with Crippen molar-refractivity contribution in [1.29, 1.82) is 0 Å². The molecule has 0 amide bonds. The molecule has 1 aliphatic rings. The van der Waals surface area contributed by atoms with Gasteiger partial charge in [0, 0.05) is 9.95 Å². The second-order valence-corrected chi connectivity index (χ2v) is 5.51. The van der Waals surface area contributed by atoms with E-state index < -0.39 is 34.2 Å². The molecule has 2 rings (SSSR count). The van der Waals surface area contributed by atoms with E-state index in [-0.39, 0.29) is 13.2 Å². The first kappa shape index (κ1) is 17.2. The maximum atomic E-state index is 12.4. The molecular weight excluding hydrogens is 326 g/mol. The lowest BCUT2D eigenvalue weighted by atomic mass is 9.99. The number of hydrogen-bond acceptors (Lipinski definition) is 6.